The average molecular weight is 189 g/mol. The Hall–Kier alpha value is -1.44. The van der Waals surface area contributed by atoms with Crippen molar-refractivity contribution in [3.8, 4) is 6.07 Å². The lowest BCUT2D eigenvalue weighted by Gasteiger charge is -2.03. The summed E-state index contributed by atoms with van der Waals surface area (Å²) in [5, 5.41) is 8.26. The molecule has 5 heteroatoms. The summed E-state index contributed by atoms with van der Waals surface area (Å²) in [5.41, 5.74) is -0.104. The van der Waals surface area contributed by atoms with Gasteiger partial charge in [-0.1, -0.05) is 0 Å². The van der Waals surface area contributed by atoms with E-state index in [0.29, 0.717) is 0 Å². The van der Waals surface area contributed by atoms with Crippen LogP contribution < -0.4 is 0 Å². The van der Waals surface area contributed by atoms with E-state index in [1.807, 2.05) is 0 Å². The van der Waals surface area contributed by atoms with Gasteiger partial charge in [0.25, 0.3) is 0 Å². The molecule has 0 saturated carbocycles. The largest absolute Gasteiger partial charge is 0.456 e. The predicted molar refractivity (Wildman–Crippen MR) is 37.8 cm³/mol. The van der Waals surface area contributed by atoms with Crippen molar-refractivity contribution >= 4 is 0 Å². The van der Waals surface area contributed by atoms with Crippen LogP contribution in [0.3, 0.4) is 0 Å². The molecule has 0 unspecified atom stereocenters. The fraction of sp³-hybridized carbons (Fsp3) is 0.375. The van der Waals surface area contributed by atoms with Crippen LogP contribution in [0.4, 0.5) is 13.2 Å². The lowest BCUT2D eigenvalue weighted by Crippen LogP contribution is -2.06. The fourth-order valence-corrected chi connectivity index (χ4v) is 1.02. The third-order valence-corrected chi connectivity index (χ3v) is 1.46. The van der Waals surface area contributed by atoms with Crippen molar-refractivity contribution in [1.82, 2.24) is 0 Å². The maximum Gasteiger partial charge on any atom is 0.449 e. The van der Waals surface area contributed by atoms with E-state index < -0.39 is 11.9 Å². The highest BCUT2D eigenvalue weighted by Gasteiger charge is 2.37. The van der Waals surface area contributed by atoms with E-state index in [9.17, 15) is 13.2 Å². The van der Waals surface area contributed by atoms with Crippen LogP contribution in [-0.4, -0.2) is 0 Å². The Morgan fingerprint density at radius 1 is 1.54 bits per heavy atom. The van der Waals surface area contributed by atoms with E-state index in [2.05, 4.69) is 4.42 Å². The van der Waals surface area contributed by atoms with Crippen molar-refractivity contribution in [2.75, 3.05) is 0 Å². The van der Waals surface area contributed by atoms with Gasteiger partial charge in [0.15, 0.2) is 0 Å². The smallest absolute Gasteiger partial charge is 0.449 e. The summed E-state index contributed by atoms with van der Waals surface area (Å²) in [7, 11) is 0. The molecule has 0 bridgehead atoms. The Morgan fingerprint density at radius 2 is 2.15 bits per heavy atom. The van der Waals surface area contributed by atoms with Gasteiger partial charge in [-0.3, -0.25) is 0 Å². The molecule has 0 atom stereocenters. The molecule has 1 rings (SSSR count). The summed E-state index contributed by atoms with van der Waals surface area (Å²) >= 11 is 0. The molecule has 0 N–H and O–H groups in total. The number of alkyl halides is 3. The molecular formula is C8H6F3NO. The van der Waals surface area contributed by atoms with Gasteiger partial charge in [0.1, 0.15) is 5.76 Å². The summed E-state index contributed by atoms with van der Waals surface area (Å²) in [6, 6.07) is 2.88. The lowest BCUT2D eigenvalue weighted by molar-refractivity contribution is -0.153. The van der Waals surface area contributed by atoms with Crippen LogP contribution in [0.2, 0.25) is 0 Å². The molecule has 0 fully saturated rings. The second kappa shape index (κ2) is 3.13. The van der Waals surface area contributed by atoms with E-state index in [1.54, 1.807) is 6.07 Å². The first-order valence-corrected chi connectivity index (χ1v) is 3.48. The summed E-state index contributed by atoms with van der Waals surface area (Å²) in [5.74, 6) is -0.899. The molecule has 0 amide bonds. The van der Waals surface area contributed by atoms with Crippen LogP contribution in [0.15, 0.2) is 10.5 Å². The summed E-state index contributed by atoms with van der Waals surface area (Å²) in [6.45, 7) is 1.41. The maximum atomic E-state index is 12.2. The lowest BCUT2D eigenvalue weighted by atomic mass is 10.2. The zero-order chi connectivity index (χ0) is 10.1. The molecule has 0 radical (unpaired) electrons. The van der Waals surface area contributed by atoms with E-state index in [-0.39, 0.29) is 17.7 Å². The monoisotopic (exact) mass is 189 g/mol. The fourth-order valence-electron chi connectivity index (χ4n) is 1.02. The van der Waals surface area contributed by atoms with Crippen LogP contribution in [-0.2, 0) is 12.6 Å². The van der Waals surface area contributed by atoms with Crippen molar-refractivity contribution in [3.63, 3.8) is 0 Å². The zero-order valence-electron chi connectivity index (χ0n) is 6.77. The first kappa shape index (κ1) is 9.65. The molecule has 0 spiro atoms. The zero-order valence-corrected chi connectivity index (χ0v) is 6.77. The Morgan fingerprint density at radius 3 is 2.62 bits per heavy atom. The number of halogens is 3. The number of furan rings is 1. The van der Waals surface area contributed by atoms with E-state index in [1.165, 1.54) is 13.0 Å². The molecule has 0 aliphatic rings. The van der Waals surface area contributed by atoms with Crippen LogP contribution in [0.5, 0.6) is 0 Å². The van der Waals surface area contributed by atoms with Gasteiger partial charge in [0.2, 0.25) is 5.76 Å². The summed E-state index contributed by atoms with van der Waals surface area (Å²) < 4.78 is 41.0. The third-order valence-electron chi connectivity index (χ3n) is 1.46. The van der Waals surface area contributed by atoms with Crippen molar-refractivity contribution < 1.29 is 17.6 Å². The number of hydrogen-bond acceptors (Lipinski definition) is 2. The van der Waals surface area contributed by atoms with E-state index in [4.69, 9.17) is 5.26 Å². The second-order valence-corrected chi connectivity index (χ2v) is 2.54. The molecule has 0 aliphatic heterocycles. The van der Waals surface area contributed by atoms with Crippen molar-refractivity contribution in [3.05, 3.63) is 23.2 Å². The highest BCUT2D eigenvalue weighted by atomic mass is 19.4. The van der Waals surface area contributed by atoms with Gasteiger partial charge in [0.05, 0.1) is 12.5 Å². The Bertz CT molecular complexity index is 345. The standard InChI is InChI=1S/C8H6F3NO/c1-5-4-6(2-3-12)7(13-5)8(9,10)11/h4H,2H2,1H3. The topological polar surface area (TPSA) is 36.9 Å². The molecule has 1 aromatic rings. The van der Waals surface area contributed by atoms with Crippen molar-refractivity contribution in [2.24, 2.45) is 0 Å². The molecule has 1 heterocycles. The van der Waals surface area contributed by atoms with Gasteiger partial charge < -0.3 is 4.42 Å². The Balaban J connectivity index is 3.13. The van der Waals surface area contributed by atoms with Crippen molar-refractivity contribution in [2.45, 2.75) is 19.5 Å². The second-order valence-electron chi connectivity index (χ2n) is 2.54. The average Bonchev–Trinajstić information content (AvgIpc) is 2.30. The minimum Gasteiger partial charge on any atom is -0.456 e. The van der Waals surface area contributed by atoms with Gasteiger partial charge in [0, 0.05) is 5.56 Å². The Kier molecular flexibility index (Phi) is 2.32. The summed E-state index contributed by atoms with van der Waals surface area (Å²) in [4.78, 5) is 0. The molecule has 0 aliphatic carbocycles. The molecule has 0 aromatic carbocycles. The quantitative estimate of drug-likeness (QED) is 0.680. The first-order chi connectivity index (χ1) is 5.95. The summed E-state index contributed by atoms with van der Waals surface area (Å²) in [6.07, 6.45) is -4.80. The van der Waals surface area contributed by atoms with Crippen LogP contribution >= 0.6 is 0 Å². The number of rotatable bonds is 1. The van der Waals surface area contributed by atoms with E-state index >= 15 is 0 Å². The molecule has 2 nitrogen and oxygen atoms in total. The van der Waals surface area contributed by atoms with Crippen LogP contribution in [0.25, 0.3) is 0 Å². The molecule has 0 saturated heterocycles. The minimum absolute atomic E-state index is 0.104. The SMILES string of the molecule is Cc1cc(CC#N)c(C(F)(F)F)o1. The predicted octanol–water partition coefficient (Wildman–Crippen LogP) is 2.67. The van der Waals surface area contributed by atoms with Crippen LogP contribution in [0.1, 0.15) is 17.1 Å². The highest BCUT2D eigenvalue weighted by molar-refractivity contribution is 5.26. The normalized spacial score (nSPS) is 11.3. The highest BCUT2D eigenvalue weighted by Crippen LogP contribution is 2.34. The Labute approximate surface area is 72.6 Å². The van der Waals surface area contributed by atoms with Crippen molar-refractivity contribution in [1.29, 1.82) is 5.26 Å². The van der Waals surface area contributed by atoms with Crippen LogP contribution in [0, 0.1) is 18.3 Å². The minimum atomic E-state index is -4.51. The molecule has 1 aromatic heterocycles. The number of aryl methyl sites for hydroxylation is 1. The number of nitriles is 1. The number of hydrogen-bond donors (Lipinski definition) is 0. The molecular weight excluding hydrogens is 183 g/mol. The van der Waals surface area contributed by atoms with Gasteiger partial charge in [-0.15, -0.1) is 0 Å². The van der Waals surface area contributed by atoms with Gasteiger partial charge in [-0.25, -0.2) is 0 Å². The molecule has 70 valence electrons. The van der Waals surface area contributed by atoms with Gasteiger partial charge in [-0.2, -0.15) is 18.4 Å². The van der Waals surface area contributed by atoms with Gasteiger partial charge >= 0.3 is 6.18 Å². The molecule has 13 heavy (non-hydrogen) atoms. The maximum absolute atomic E-state index is 12.2. The number of nitrogens with zero attached hydrogens (tertiary/aromatic N) is 1. The first-order valence-electron chi connectivity index (χ1n) is 3.48. The third kappa shape index (κ3) is 2.02. The van der Waals surface area contributed by atoms with Gasteiger partial charge in [-0.05, 0) is 13.0 Å². The van der Waals surface area contributed by atoms with E-state index in [0.717, 1.165) is 0 Å².